The van der Waals surface area contributed by atoms with E-state index in [9.17, 15) is 0 Å². The van der Waals surface area contributed by atoms with Gasteiger partial charge in [0.2, 0.25) is 5.13 Å². The molecule has 1 aromatic carbocycles. The molecule has 5 heteroatoms. The zero-order chi connectivity index (χ0) is 15.3. The minimum absolute atomic E-state index is 0.533. The predicted molar refractivity (Wildman–Crippen MR) is 90.4 cm³/mol. The quantitative estimate of drug-likeness (QED) is 0.853. The number of benzene rings is 1. The molecule has 0 unspecified atom stereocenters. The van der Waals surface area contributed by atoms with Crippen LogP contribution in [0.2, 0.25) is 0 Å². The zero-order valence-electron chi connectivity index (χ0n) is 13.4. The molecule has 22 heavy (non-hydrogen) atoms. The minimum atomic E-state index is 0.533. The Labute approximate surface area is 136 Å². The molecule has 3 heterocycles. The first kappa shape index (κ1) is 14.2. The Hall–Kier alpha value is -1.46. The fourth-order valence-electron chi connectivity index (χ4n) is 4.22. The molecule has 2 aliphatic rings. The Morgan fingerprint density at radius 2 is 1.95 bits per heavy atom. The van der Waals surface area contributed by atoms with Gasteiger partial charge in [0, 0.05) is 43.1 Å². The van der Waals surface area contributed by atoms with E-state index in [-0.39, 0.29) is 0 Å². The van der Waals surface area contributed by atoms with Crippen molar-refractivity contribution < 1.29 is 0 Å². The molecular weight excluding hydrogens is 292 g/mol. The van der Waals surface area contributed by atoms with E-state index in [0.29, 0.717) is 12.0 Å². The molecule has 4 rings (SSSR count). The van der Waals surface area contributed by atoms with Gasteiger partial charge in [-0.25, -0.2) is 4.98 Å². The summed E-state index contributed by atoms with van der Waals surface area (Å²) >= 11 is 1.54. The molecule has 4 nitrogen and oxygen atoms in total. The number of rotatable bonds is 2. The maximum Gasteiger partial charge on any atom is 0.205 e. The number of aryl methyl sites for hydroxylation is 2. The highest BCUT2D eigenvalue weighted by Gasteiger charge is 2.47. The van der Waals surface area contributed by atoms with Crippen molar-refractivity contribution in [3.8, 4) is 0 Å². The van der Waals surface area contributed by atoms with Gasteiger partial charge in [-0.2, -0.15) is 4.37 Å². The third-order valence-electron chi connectivity index (χ3n) is 5.19. The SMILES string of the molecule is Cc1nsc(N2C[C@@H]3CN(C)[C@@H](c4ccccc4C)[C@@H]3C2)n1. The summed E-state index contributed by atoms with van der Waals surface area (Å²) in [5.41, 5.74) is 2.90. The van der Waals surface area contributed by atoms with E-state index in [2.05, 4.69) is 57.4 Å². The maximum absolute atomic E-state index is 4.57. The van der Waals surface area contributed by atoms with Gasteiger partial charge in [-0.15, -0.1) is 0 Å². The van der Waals surface area contributed by atoms with Crippen LogP contribution in [0.5, 0.6) is 0 Å². The van der Waals surface area contributed by atoms with Crippen LogP contribution in [-0.4, -0.2) is 40.9 Å². The zero-order valence-corrected chi connectivity index (χ0v) is 14.2. The van der Waals surface area contributed by atoms with Crippen molar-refractivity contribution in [2.24, 2.45) is 11.8 Å². The summed E-state index contributed by atoms with van der Waals surface area (Å²) in [6.07, 6.45) is 0. The summed E-state index contributed by atoms with van der Waals surface area (Å²) < 4.78 is 4.34. The molecule has 1 aromatic heterocycles. The average molecular weight is 314 g/mol. The molecule has 3 atom stereocenters. The van der Waals surface area contributed by atoms with Crippen molar-refractivity contribution in [1.29, 1.82) is 0 Å². The number of hydrogen-bond acceptors (Lipinski definition) is 5. The molecule has 116 valence electrons. The lowest BCUT2D eigenvalue weighted by molar-refractivity contribution is 0.279. The maximum atomic E-state index is 4.57. The first-order valence-electron chi connectivity index (χ1n) is 7.94. The molecule has 2 saturated heterocycles. The number of hydrogen-bond donors (Lipinski definition) is 0. The topological polar surface area (TPSA) is 32.3 Å². The Balaban J connectivity index is 1.61. The standard InChI is InChI=1S/C17H22N4S/c1-11-6-4-5-7-14(11)16-15-10-21(9-13(15)8-20(16)3)17-18-12(2)19-22-17/h4-7,13,15-16H,8-10H2,1-3H3/t13-,15+,16-/m0/s1. The summed E-state index contributed by atoms with van der Waals surface area (Å²) in [5, 5.41) is 1.10. The van der Waals surface area contributed by atoms with Crippen molar-refractivity contribution >= 4 is 16.7 Å². The van der Waals surface area contributed by atoms with Crippen LogP contribution in [0.25, 0.3) is 0 Å². The Kier molecular flexibility index (Phi) is 3.42. The van der Waals surface area contributed by atoms with Crippen LogP contribution in [0, 0.1) is 25.7 Å². The predicted octanol–water partition coefficient (Wildman–Crippen LogP) is 2.89. The molecule has 0 spiro atoms. The minimum Gasteiger partial charge on any atom is -0.346 e. The van der Waals surface area contributed by atoms with Crippen LogP contribution >= 0.6 is 11.5 Å². The molecule has 2 fully saturated rings. The average Bonchev–Trinajstić information content (AvgIpc) is 3.14. The fraction of sp³-hybridized carbons (Fsp3) is 0.529. The lowest BCUT2D eigenvalue weighted by Gasteiger charge is -2.27. The van der Waals surface area contributed by atoms with Crippen LogP contribution in [0.3, 0.4) is 0 Å². The number of anilines is 1. The molecule has 0 aliphatic carbocycles. The second-order valence-corrected chi connectivity index (χ2v) is 7.42. The van der Waals surface area contributed by atoms with Gasteiger partial charge in [-0.05, 0) is 37.9 Å². The highest BCUT2D eigenvalue weighted by molar-refractivity contribution is 7.09. The van der Waals surface area contributed by atoms with Gasteiger partial charge >= 0.3 is 0 Å². The Morgan fingerprint density at radius 1 is 1.14 bits per heavy atom. The van der Waals surface area contributed by atoms with E-state index in [0.717, 1.165) is 30.0 Å². The third-order valence-corrected chi connectivity index (χ3v) is 6.06. The van der Waals surface area contributed by atoms with Crippen molar-refractivity contribution in [3.63, 3.8) is 0 Å². The molecule has 0 bridgehead atoms. The van der Waals surface area contributed by atoms with Gasteiger partial charge in [0.25, 0.3) is 0 Å². The largest absolute Gasteiger partial charge is 0.346 e. The lowest BCUT2D eigenvalue weighted by atomic mass is 9.88. The van der Waals surface area contributed by atoms with E-state index >= 15 is 0 Å². The summed E-state index contributed by atoms with van der Waals surface area (Å²) in [5.74, 6) is 2.32. The molecule has 2 aliphatic heterocycles. The van der Waals surface area contributed by atoms with Crippen molar-refractivity contribution in [2.75, 3.05) is 31.6 Å². The second kappa shape index (κ2) is 5.32. The molecule has 0 radical (unpaired) electrons. The molecule has 0 amide bonds. The second-order valence-electron chi connectivity index (χ2n) is 6.69. The van der Waals surface area contributed by atoms with Gasteiger partial charge in [0.05, 0.1) is 0 Å². The van der Waals surface area contributed by atoms with E-state index in [1.165, 1.54) is 29.2 Å². The Morgan fingerprint density at radius 3 is 2.68 bits per heavy atom. The van der Waals surface area contributed by atoms with Crippen LogP contribution < -0.4 is 4.90 Å². The monoisotopic (exact) mass is 314 g/mol. The number of aromatic nitrogens is 2. The number of likely N-dealkylation sites (tertiary alicyclic amines) is 1. The van der Waals surface area contributed by atoms with Crippen LogP contribution in [0.4, 0.5) is 5.13 Å². The van der Waals surface area contributed by atoms with Gasteiger partial charge in [-0.1, -0.05) is 24.3 Å². The highest BCUT2D eigenvalue weighted by atomic mass is 32.1. The van der Waals surface area contributed by atoms with Crippen LogP contribution in [0.15, 0.2) is 24.3 Å². The van der Waals surface area contributed by atoms with Gasteiger partial charge in [0.1, 0.15) is 5.82 Å². The van der Waals surface area contributed by atoms with Gasteiger partial charge in [-0.3, -0.25) is 4.90 Å². The van der Waals surface area contributed by atoms with Gasteiger partial charge < -0.3 is 4.90 Å². The van der Waals surface area contributed by atoms with Crippen molar-refractivity contribution in [3.05, 3.63) is 41.2 Å². The number of nitrogens with zero attached hydrogens (tertiary/aromatic N) is 4. The molecular formula is C17H22N4S. The smallest absolute Gasteiger partial charge is 0.205 e. The third kappa shape index (κ3) is 2.23. The molecule has 0 N–H and O–H groups in total. The molecule has 2 aromatic rings. The Bertz CT molecular complexity index is 683. The summed E-state index contributed by atoms with van der Waals surface area (Å²) in [7, 11) is 2.27. The lowest BCUT2D eigenvalue weighted by Crippen LogP contribution is -2.29. The van der Waals surface area contributed by atoms with E-state index in [1.807, 2.05) is 6.92 Å². The fourth-order valence-corrected chi connectivity index (χ4v) is 4.91. The van der Waals surface area contributed by atoms with Crippen molar-refractivity contribution in [1.82, 2.24) is 14.3 Å². The highest BCUT2D eigenvalue weighted by Crippen LogP contribution is 2.45. The van der Waals surface area contributed by atoms with E-state index in [1.54, 1.807) is 0 Å². The summed E-state index contributed by atoms with van der Waals surface area (Å²) in [6.45, 7) is 7.60. The van der Waals surface area contributed by atoms with Gasteiger partial charge in [0.15, 0.2) is 0 Å². The first-order valence-corrected chi connectivity index (χ1v) is 8.72. The summed E-state index contributed by atoms with van der Waals surface area (Å²) in [4.78, 5) is 9.56. The first-order chi connectivity index (χ1) is 10.6. The molecule has 0 saturated carbocycles. The van der Waals surface area contributed by atoms with Crippen molar-refractivity contribution in [2.45, 2.75) is 19.9 Å². The number of fused-ring (bicyclic) bond motifs is 1. The van der Waals surface area contributed by atoms with Crippen LogP contribution in [-0.2, 0) is 0 Å². The van der Waals surface area contributed by atoms with E-state index < -0.39 is 0 Å². The normalized spacial score (nSPS) is 28.3. The van der Waals surface area contributed by atoms with Crippen LogP contribution in [0.1, 0.15) is 23.0 Å². The van der Waals surface area contributed by atoms with E-state index in [4.69, 9.17) is 0 Å². The summed E-state index contributed by atoms with van der Waals surface area (Å²) in [6, 6.07) is 9.37.